The number of carboxylic acid groups (broad SMARTS) is 1. The van der Waals surface area contributed by atoms with Crippen molar-refractivity contribution in [1.82, 2.24) is 4.90 Å². The average molecular weight is 203 g/mol. The molecule has 0 unspecified atom stereocenters. The summed E-state index contributed by atoms with van der Waals surface area (Å²) < 4.78 is 0. The molecule has 0 bridgehead atoms. The number of hydrogen-bond donors (Lipinski definition) is 2. The van der Waals surface area contributed by atoms with E-state index in [-0.39, 0.29) is 13.0 Å². The molecule has 0 rings (SSSR count). The third-order valence-corrected chi connectivity index (χ3v) is 2.11. The van der Waals surface area contributed by atoms with Crippen molar-refractivity contribution in [2.45, 2.75) is 32.6 Å². The maximum Gasteiger partial charge on any atom is 0.303 e. The Bertz CT molecular complexity index is 150. The van der Waals surface area contributed by atoms with E-state index in [0.717, 1.165) is 25.9 Å². The lowest BCUT2D eigenvalue weighted by molar-refractivity contribution is -0.137. The topological polar surface area (TPSA) is 60.8 Å². The Kier molecular flexibility index (Phi) is 8.57. The fourth-order valence-corrected chi connectivity index (χ4v) is 1.31. The lowest BCUT2D eigenvalue weighted by Crippen LogP contribution is -2.29. The lowest BCUT2D eigenvalue weighted by Gasteiger charge is -2.20. The molecular weight excluding hydrogens is 182 g/mol. The highest BCUT2D eigenvalue weighted by Crippen LogP contribution is 1.98. The first-order valence-electron chi connectivity index (χ1n) is 5.25. The molecule has 0 aliphatic heterocycles. The number of carbonyl (C=O) groups is 1. The van der Waals surface area contributed by atoms with Crippen molar-refractivity contribution < 1.29 is 15.0 Å². The van der Waals surface area contributed by atoms with Gasteiger partial charge in [0.1, 0.15) is 0 Å². The van der Waals surface area contributed by atoms with Gasteiger partial charge in [-0.1, -0.05) is 13.3 Å². The van der Waals surface area contributed by atoms with Crippen LogP contribution in [0.5, 0.6) is 0 Å². The summed E-state index contributed by atoms with van der Waals surface area (Å²) >= 11 is 0. The van der Waals surface area contributed by atoms with Crippen molar-refractivity contribution in [2.75, 3.05) is 26.2 Å². The monoisotopic (exact) mass is 203 g/mol. The first-order chi connectivity index (χ1) is 6.70. The molecule has 0 aromatic heterocycles. The summed E-state index contributed by atoms with van der Waals surface area (Å²) in [4.78, 5) is 12.4. The van der Waals surface area contributed by atoms with Gasteiger partial charge in [0.05, 0.1) is 6.61 Å². The predicted molar refractivity (Wildman–Crippen MR) is 55.3 cm³/mol. The van der Waals surface area contributed by atoms with Crippen LogP contribution in [0.15, 0.2) is 0 Å². The fraction of sp³-hybridized carbons (Fsp3) is 0.900. The van der Waals surface area contributed by atoms with Crippen molar-refractivity contribution in [3.8, 4) is 0 Å². The Labute approximate surface area is 85.5 Å². The molecule has 0 spiro atoms. The molecular formula is C10H21NO3. The van der Waals surface area contributed by atoms with E-state index in [9.17, 15) is 4.79 Å². The summed E-state index contributed by atoms with van der Waals surface area (Å²) in [6.45, 7) is 4.65. The van der Waals surface area contributed by atoms with Gasteiger partial charge in [0, 0.05) is 13.0 Å². The van der Waals surface area contributed by atoms with E-state index in [1.807, 2.05) is 0 Å². The molecule has 0 aromatic rings. The molecule has 0 heterocycles. The van der Waals surface area contributed by atoms with Crippen LogP contribution < -0.4 is 0 Å². The Morgan fingerprint density at radius 2 is 1.86 bits per heavy atom. The molecule has 0 saturated heterocycles. The standard InChI is InChI=1S/C10H21NO3/c1-2-3-6-11(8-9-12)7-4-5-10(13)14/h12H,2-9H2,1H3,(H,13,14). The van der Waals surface area contributed by atoms with Gasteiger partial charge in [0.15, 0.2) is 0 Å². The van der Waals surface area contributed by atoms with Crippen LogP contribution in [0.1, 0.15) is 32.6 Å². The van der Waals surface area contributed by atoms with Crippen molar-refractivity contribution in [3.05, 3.63) is 0 Å². The molecule has 4 nitrogen and oxygen atoms in total. The van der Waals surface area contributed by atoms with E-state index in [1.165, 1.54) is 0 Å². The van der Waals surface area contributed by atoms with Gasteiger partial charge < -0.3 is 15.1 Å². The summed E-state index contributed by atoms with van der Waals surface area (Å²) in [5, 5.41) is 17.3. The maximum absolute atomic E-state index is 10.3. The summed E-state index contributed by atoms with van der Waals surface area (Å²) in [7, 11) is 0. The summed E-state index contributed by atoms with van der Waals surface area (Å²) in [5.41, 5.74) is 0. The number of carboxylic acids is 1. The number of aliphatic carboxylic acids is 1. The largest absolute Gasteiger partial charge is 0.481 e. The highest BCUT2D eigenvalue weighted by atomic mass is 16.4. The van der Waals surface area contributed by atoms with Crippen LogP contribution in [0, 0.1) is 0 Å². The fourth-order valence-electron chi connectivity index (χ4n) is 1.31. The molecule has 0 saturated carbocycles. The SMILES string of the molecule is CCCCN(CCO)CCCC(=O)O. The Balaban J connectivity index is 3.55. The minimum atomic E-state index is -0.746. The molecule has 0 fully saturated rings. The number of rotatable bonds is 9. The van der Waals surface area contributed by atoms with Crippen LogP contribution in [0.25, 0.3) is 0 Å². The molecule has 0 atom stereocenters. The van der Waals surface area contributed by atoms with Crippen molar-refractivity contribution >= 4 is 5.97 Å². The zero-order chi connectivity index (χ0) is 10.8. The maximum atomic E-state index is 10.3. The van der Waals surface area contributed by atoms with Crippen LogP contribution in [0.3, 0.4) is 0 Å². The molecule has 2 N–H and O–H groups in total. The number of aliphatic hydroxyl groups excluding tert-OH is 1. The second-order valence-corrected chi connectivity index (χ2v) is 3.42. The highest BCUT2D eigenvalue weighted by Gasteiger charge is 2.04. The van der Waals surface area contributed by atoms with Gasteiger partial charge >= 0.3 is 5.97 Å². The van der Waals surface area contributed by atoms with Gasteiger partial charge in [0.25, 0.3) is 0 Å². The molecule has 0 aliphatic carbocycles. The minimum Gasteiger partial charge on any atom is -0.481 e. The van der Waals surface area contributed by atoms with Crippen LogP contribution >= 0.6 is 0 Å². The molecule has 0 aliphatic rings. The summed E-state index contributed by atoms with van der Waals surface area (Å²) in [5.74, 6) is -0.746. The van der Waals surface area contributed by atoms with Crippen LogP contribution in [0.2, 0.25) is 0 Å². The number of nitrogens with zero attached hydrogens (tertiary/aromatic N) is 1. The Morgan fingerprint density at radius 3 is 2.36 bits per heavy atom. The molecule has 4 heteroatoms. The van der Waals surface area contributed by atoms with E-state index in [4.69, 9.17) is 10.2 Å². The van der Waals surface area contributed by atoms with Gasteiger partial charge in [-0.3, -0.25) is 4.79 Å². The molecule has 14 heavy (non-hydrogen) atoms. The Morgan fingerprint density at radius 1 is 1.21 bits per heavy atom. The van der Waals surface area contributed by atoms with Crippen LogP contribution in [-0.2, 0) is 4.79 Å². The molecule has 0 radical (unpaired) electrons. The Hall–Kier alpha value is -0.610. The molecule has 0 amide bonds. The van der Waals surface area contributed by atoms with Crippen LogP contribution in [-0.4, -0.2) is 47.3 Å². The van der Waals surface area contributed by atoms with E-state index in [1.54, 1.807) is 0 Å². The zero-order valence-electron chi connectivity index (χ0n) is 8.91. The normalized spacial score (nSPS) is 10.8. The van der Waals surface area contributed by atoms with Gasteiger partial charge in [-0.25, -0.2) is 0 Å². The zero-order valence-corrected chi connectivity index (χ0v) is 8.91. The quantitative estimate of drug-likeness (QED) is 0.585. The van der Waals surface area contributed by atoms with E-state index in [0.29, 0.717) is 13.0 Å². The first-order valence-corrected chi connectivity index (χ1v) is 5.25. The predicted octanol–water partition coefficient (Wildman–Crippen LogP) is 0.946. The van der Waals surface area contributed by atoms with E-state index in [2.05, 4.69) is 11.8 Å². The molecule has 0 aromatic carbocycles. The lowest BCUT2D eigenvalue weighted by atomic mass is 10.2. The minimum absolute atomic E-state index is 0.150. The van der Waals surface area contributed by atoms with Gasteiger partial charge in [-0.15, -0.1) is 0 Å². The van der Waals surface area contributed by atoms with Crippen molar-refractivity contribution in [3.63, 3.8) is 0 Å². The first kappa shape index (κ1) is 13.4. The molecule has 84 valence electrons. The van der Waals surface area contributed by atoms with Gasteiger partial charge in [-0.2, -0.15) is 0 Å². The van der Waals surface area contributed by atoms with Crippen molar-refractivity contribution in [2.24, 2.45) is 0 Å². The summed E-state index contributed by atoms with van der Waals surface area (Å²) in [6.07, 6.45) is 3.11. The van der Waals surface area contributed by atoms with Gasteiger partial charge in [-0.05, 0) is 25.9 Å². The average Bonchev–Trinajstić information content (AvgIpc) is 2.13. The number of hydrogen-bond acceptors (Lipinski definition) is 3. The smallest absolute Gasteiger partial charge is 0.303 e. The third-order valence-electron chi connectivity index (χ3n) is 2.11. The van der Waals surface area contributed by atoms with E-state index < -0.39 is 5.97 Å². The van der Waals surface area contributed by atoms with Crippen molar-refractivity contribution in [1.29, 1.82) is 0 Å². The second-order valence-electron chi connectivity index (χ2n) is 3.42. The van der Waals surface area contributed by atoms with E-state index >= 15 is 0 Å². The number of aliphatic hydroxyl groups is 1. The third kappa shape index (κ3) is 8.01. The highest BCUT2D eigenvalue weighted by molar-refractivity contribution is 5.66. The number of unbranched alkanes of at least 4 members (excludes halogenated alkanes) is 1. The van der Waals surface area contributed by atoms with Crippen LogP contribution in [0.4, 0.5) is 0 Å². The summed E-state index contributed by atoms with van der Waals surface area (Å²) in [6, 6.07) is 0. The van der Waals surface area contributed by atoms with Gasteiger partial charge in [0.2, 0.25) is 0 Å². The second kappa shape index (κ2) is 8.97.